The smallest absolute Gasteiger partial charge is 0.0958 e. The van der Waals surface area contributed by atoms with Gasteiger partial charge in [-0.05, 0) is 64.3 Å². The Kier molecular flexibility index (Phi) is 10.3. The summed E-state index contributed by atoms with van der Waals surface area (Å²) in [6.45, 7) is 20.5. The van der Waals surface area contributed by atoms with E-state index >= 15 is 0 Å². The summed E-state index contributed by atoms with van der Waals surface area (Å²) in [7, 11) is -0.476. The van der Waals surface area contributed by atoms with Crippen LogP contribution in [0.4, 0.5) is 0 Å². The largest absolute Gasteiger partial charge is 0.289 e. The van der Waals surface area contributed by atoms with Gasteiger partial charge in [0, 0.05) is 0 Å². The summed E-state index contributed by atoms with van der Waals surface area (Å²) >= 11 is 0. The molecule has 1 aromatic carbocycles. The second-order valence-corrected chi connectivity index (χ2v) is 9.82. The molecule has 0 aromatic heterocycles. The fraction of sp³-hybridized carbons (Fsp3) is 0.636. The topological polar surface area (TPSA) is 6.48 Å². The number of benzene rings is 1. The van der Waals surface area contributed by atoms with Gasteiger partial charge < -0.3 is 0 Å². The van der Waals surface area contributed by atoms with Crippen molar-refractivity contribution in [1.82, 2.24) is 9.80 Å². The second-order valence-electron chi connectivity index (χ2n) is 7.31. The molecule has 0 N–H and O–H groups in total. The monoisotopic (exact) mass is 360 g/mol. The maximum atomic E-state index is 3.88. The van der Waals surface area contributed by atoms with Gasteiger partial charge in [0.1, 0.15) is 0 Å². The van der Waals surface area contributed by atoms with E-state index in [9.17, 15) is 0 Å². The van der Waals surface area contributed by atoms with Crippen LogP contribution in [0.1, 0.15) is 65.9 Å². The Morgan fingerprint density at radius 2 is 1.24 bits per heavy atom. The van der Waals surface area contributed by atoms with E-state index in [1.165, 1.54) is 57.4 Å². The van der Waals surface area contributed by atoms with Crippen molar-refractivity contribution in [2.24, 2.45) is 0 Å². The van der Waals surface area contributed by atoms with E-state index in [4.69, 9.17) is 0 Å². The Morgan fingerprint density at radius 3 is 1.56 bits per heavy atom. The third kappa shape index (κ3) is 6.39. The molecule has 25 heavy (non-hydrogen) atoms. The standard InChI is InChI=1S/C22H40N2Si/c1-7-16-23(17-8-2)22(6,24(18-9-3)19-10-4)25-21-14-12-20(11-5)13-15-21/h11-15H,5,7-10,16-19,25H2,1-4,6H3. The van der Waals surface area contributed by atoms with E-state index < -0.39 is 9.52 Å². The van der Waals surface area contributed by atoms with Gasteiger partial charge >= 0.3 is 0 Å². The van der Waals surface area contributed by atoms with Gasteiger partial charge in [0.05, 0.1) is 14.8 Å². The third-order valence-electron chi connectivity index (χ3n) is 5.09. The maximum absolute atomic E-state index is 3.88. The van der Waals surface area contributed by atoms with Crippen molar-refractivity contribution in [1.29, 1.82) is 0 Å². The van der Waals surface area contributed by atoms with E-state index in [-0.39, 0.29) is 5.29 Å². The molecule has 0 saturated carbocycles. The average Bonchev–Trinajstić information content (AvgIpc) is 2.62. The molecule has 0 amide bonds. The molecule has 3 heteroatoms. The van der Waals surface area contributed by atoms with Gasteiger partial charge in [-0.3, -0.25) is 9.80 Å². The summed E-state index contributed by atoms with van der Waals surface area (Å²) in [5.74, 6) is 0. The van der Waals surface area contributed by atoms with E-state index in [0.717, 1.165) is 0 Å². The predicted molar refractivity (Wildman–Crippen MR) is 117 cm³/mol. The fourth-order valence-corrected chi connectivity index (χ4v) is 6.17. The summed E-state index contributed by atoms with van der Waals surface area (Å²) in [6.07, 6.45) is 6.85. The highest BCUT2D eigenvalue weighted by Gasteiger charge is 2.36. The second kappa shape index (κ2) is 11.7. The summed E-state index contributed by atoms with van der Waals surface area (Å²) in [5, 5.41) is 1.77. The Labute approximate surface area is 159 Å². The number of nitrogens with zero attached hydrogens (tertiary/aromatic N) is 2. The van der Waals surface area contributed by atoms with Gasteiger partial charge in [0.2, 0.25) is 0 Å². The minimum absolute atomic E-state index is 0.216. The van der Waals surface area contributed by atoms with Crippen LogP contribution in [0, 0.1) is 0 Å². The summed E-state index contributed by atoms with van der Waals surface area (Å²) < 4.78 is 0. The van der Waals surface area contributed by atoms with Crippen LogP contribution in [0.2, 0.25) is 0 Å². The van der Waals surface area contributed by atoms with Gasteiger partial charge in [0.25, 0.3) is 0 Å². The van der Waals surface area contributed by atoms with Crippen molar-refractivity contribution in [3.05, 3.63) is 36.4 Å². The van der Waals surface area contributed by atoms with Crippen LogP contribution in [0.25, 0.3) is 6.08 Å². The predicted octanol–water partition coefficient (Wildman–Crippen LogP) is 4.04. The highest BCUT2D eigenvalue weighted by molar-refractivity contribution is 6.56. The van der Waals surface area contributed by atoms with Crippen molar-refractivity contribution in [3.8, 4) is 0 Å². The molecule has 2 nitrogen and oxygen atoms in total. The third-order valence-corrected chi connectivity index (χ3v) is 7.53. The molecule has 0 unspecified atom stereocenters. The molecule has 0 aliphatic heterocycles. The molecule has 0 radical (unpaired) electrons. The molecule has 0 aliphatic carbocycles. The normalized spacial score (nSPS) is 12.6. The quantitative estimate of drug-likeness (QED) is 0.387. The lowest BCUT2D eigenvalue weighted by Crippen LogP contribution is -2.65. The van der Waals surface area contributed by atoms with Crippen LogP contribution in [0.5, 0.6) is 0 Å². The van der Waals surface area contributed by atoms with Gasteiger partial charge in [0.15, 0.2) is 0 Å². The van der Waals surface area contributed by atoms with Gasteiger partial charge in [-0.2, -0.15) is 0 Å². The van der Waals surface area contributed by atoms with Crippen molar-refractivity contribution >= 4 is 20.8 Å². The molecule has 0 saturated heterocycles. The van der Waals surface area contributed by atoms with Crippen LogP contribution >= 0.6 is 0 Å². The van der Waals surface area contributed by atoms with Crippen molar-refractivity contribution in [3.63, 3.8) is 0 Å². The molecule has 142 valence electrons. The van der Waals surface area contributed by atoms with E-state index in [1.807, 2.05) is 6.08 Å². The lowest BCUT2D eigenvalue weighted by Gasteiger charge is -2.49. The van der Waals surface area contributed by atoms with Crippen LogP contribution in [-0.4, -0.2) is 50.8 Å². The molecule has 0 fully saturated rings. The van der Waals surface area contributed by atoms with Gasteiger partial charge in [-0.1, -0.05) is 69.8 Å². The zero-order valence-corrected chi connectivity index (χ0v) is 18.8. The molecule has 1 aromatic rings. The Morgan fingerprint density at radius 1 is 0.840 bits per heavy atom. The van der Waals surface area contributed by atoms with E-state index in [0.29, 0.717) is 0 Å². The van der Waals surface area contributed by atoms with Crippen molar-refractivity contribution in [2.75, 3.05) is 26.2 Å². The molecule has 0 bridgehead atoms. The molecule has 0 spiro atoms. The number of hydrogen-bond acceptors (Lipinski definition) is 2. The van der Waals surface area contributed by atoms with E-state index in [2.05, 4.69) is 75.3 Å². The van der Waals surface area contributed by atoms with Crippen molar-refractivity contribution in [2.45, 2.75) is 65.6 Å². The Balaban J connectivity index is 3.18. The summed E-state index contributed by atoms with van der Waals surface area (Å²) in [4.78, 5) is 5.57. The first-order valence-corrected chi connectivity index (χ1v) is 11.7. The first-order valence-electron chi connectivity index (χ1n) is 10.3. The SMILES string of the molecule is C=Cc1ccc([SiH2]C(C)(N(CCC)CCC)N(CCC)CCC)cc1. The van der Waals surface area contributed by atoms with Crippen LogP contribution in [-0.2, 0) is 0 Å². The molecular weight excluding hydrogens is 320 g/mol. The Hall–Kier alpha value is -0.903. The maximum Gasteiger partial charge on any atom is 0.0958 e. The van der Waals surface area contributed by atoms with Gasteiger partial charge in [-0.25, -0.2) is 0 Å². The Bertz CT molecular complexity index is 455. The molecular formula is C22H40N2Si. The highest BCUT2D eigenvalue weighted by Crippen LogP contribution is 2.22. The number of rotatable bonds is 13. The number of hydrogen-bond donors (Lipinski definition) is 0. The van der Waals surface area contributed by atoms with E-state index in [1.54, 1.807) is 5.19 Å². The molecule has 1 rings (SSSR count). The summed E-state index contributed by atoms with van der Waals surface area (Å²) in [5.41, 5.74) is 1.22. The zero-order chi connectivity index (χ0) is 18.7. The minimum atomic E-state index is -0.476. The molecule has 0 aliphatic rings. The minimum Gasteiger partial charge on any atom is -0.289 e. The van der Waals surface area contributed by atoms with Crippen LogP contribution in [0.15, 0.2) is 30.8 Å². The average molecular weight is 361 g/mol. The zero-order valence-electron chi connectivity index (χ0n) is 17.4. The van der Waals surface area contributed by atoms with Crippen molar-refractivity contribution < 1.29 is 0 Å². The molecule has 0 atom stereocenters. The summed E-state index contributed by atoms with van der Waals surface area (Å²) in [6, 6.07) is 9.13. The lowest BCUT2D eigenvalue weighted by atomic mass is 10.2. The fourth-order valence-electron chi connectivity index (χ4n) is 3.85. The van der Waals surface area contributed by atoms with Gasteiger partial charge in [-0.15, -0.1) is 0 Å². The van der Waals surface area contributed by atoms with Crippen LogP contribution in [0.3, 0.4) is 0 Å². The first kappa shape index (κ1) is 22.1. The first-order chi connectivity index (χ1) is 12.0. The lowest BCUT2D eigenvalue weighted by molar-refractivity contribution is 0.0163. The molecule has 0 heterocycles. The highest BCUT2D eigenvalue weighted by atomic mass is 28.2. The van der Waals surface area contributed by atoms with Crippen LogP contribution < -0.4 is 5.19 Å².